The summed E-state index contributed by atoms with van der Waals surface area (Å²) < 4.78 is 0. The van der Waals surface area contributed by atoms with Crippen LogP contribution in [0.4, 0.5) is 0 Å². The standard InChI is InChI=1S/C12H16N2O/c1-2-8-14-9-13-11(12(14)15)10-6-4-3-5-7-10/h3-7,11,13H,2,8-9H2,1H3. The van der Waals surface area contributed by atoms with Crippen LogP contribution in [0.3, 0.4) is 0 Å². The summed E-state index contributed by atoms with van der Waals surface area (Å²) in [6.07, 6.45) is 1.01. The van der Waals surface area contributed by atoms with Gasteiger partial charge in [0.25, 0.3) is 0 Å². The van der Waals surface area contributed by atoms with Crippen molar-refractivity contribution in [3.8, 4) is 0 Å². The van der Waals surface area contributed by atoms with Crippen molar-refractivity contribution in [2.75, 3.05) is 13.2 Å². The van der Waals surface area contributed by atoms with Gasteiger partial charge in [-0.3, -0.25) is 10.1 Å². The van der Waals surface area contributed by atoms with Crippen LogP contribution < -0.4 is 5.32 Å². The maximum Gasteiger partial charge on any atom is 0.245 e. The Bertz CT molecular complexity index is 337. The van der Waals surface area contributed by atoms with E-state index in [-0.39, 0.29) is 11.9 Å². The van der Waals surface area contributed by atoms with E-state index in [1.807, 2.05) is 35.2 Å². The highest BCUT2D eigenvalue weighted by Gasteiger charge is 2.31. The molecule has 1 amide bonds. The Morgan fingerprint density at radius 1 is 1.40 bits per heavy atom. The maximum atomic E-state index is 12.0. The second-order valence-corrected chi connectivity index (χ2v) is 3.81. The molecule has 1 saturated heterocycles. The van der Waals surface area contributed by atoms with Crippen molar-refractivity contribution in [3.05, 3.63) is 35.9 Å². The van der Waals surface area contributed by atoms with Gasteiger partial charge in [-0.1, -0.05) is 37.3 Å². The van der Waals surface area contributed by atoms with Crippen LogP contribution in [0.2, 0.25) is 0 Å². The number of carbonyl (C=O) groups excluding carboxylic acids is 1. The predicted molar refractivity (Wildman–Crippen MR) is 59.2 cm³/mol. The van der Waals surface area contributed by atoms with E-state index >= 15 is 0 Å². The van der Waals surface area contributed by atoms with Crippen molar-refractivity contribution in [2.45, 2.75) is 19.4 Å². The van der Waals surface area contributed by atoms with Gasteiger partial charge in [-0.2, -0.15) is 0 Å². The summed E-state index contributed by atoms with van der Waals surface area (Å²) in [5.41, 5.74) is 1.06. The van der Waals surface area contributed by atoms with Crippen LogP contribution in [0.5, 0.6) is 0 Å². The minimum absolute atomic E-state index is 0.141. The fourth-order valence-corrected chi connectivity index (χ4v) is 1.91. The first kappa shape index (κ1) is 10.2. The van der Waals surface area contributed by atoms with Crippen molar-refractivity contribution in [2.24, 2.45) is 0 Å². The number of amides is 1. The summed E-state index contributed by atoms with van der Waals surface area (Å²) in [7, 11) is 0. The molecule has 1 aliphatic rings. The average Bonchev–Trinajstić information content (AvgIpc) is 2.63. The summed E-state index contributed by atoms with van der Waals surface area (Å²) in [5.74, 6) is 0.197. The monoisotopic (exact) mass is 204 g/mol. The third-order valence-corrected chi connectivity index (χ3v) is 2.67. The lowest BCUT2D eigenvalue weighted by Crippen LogP contribution is -2.27. The topological polar surface area (TPSA) is 32.3 Å². The van der Waals surface area contributed by atoms with Gasteiger partial charge in [0.15, 0.2) is 0 Å². The van der Waals surface area contributed by atoms with Gasteiger partial charge in [0, 0.05) is 6.54 Å². The Morgan fingerprint density at radius 2 is 2.13 bits per heavy atom. The number of hydrogen-bond donors (Lipinski definition) is 1. The van der Waals surface area contributed by atoms with Gasteiger partial charge in [0.2, 0.25) is 5.91 Å². The first-order valence-corrected chi connectivity index (χ1v) is 5.40. The molecule has 1 fully saturated rings. The van der Waals surface area contributed by atoms with E-state index in [2.05, 4.69) is 12.2 Å². The van der Waals surface area contributed by atoms with E-state index in [1.165, 1.54) is 0 Å². The maximum absolute atomic E-state index is 12.0. The van der Waals surface area contributed by atoms with Crippen molar-refractivity contribution in [1.82, 2.24) is 10.2 Å². The molecule has 0 aromatic heterocycles. The zero-order valence-electron chi connectivity index (χ0n) is 8.94. The minimum atomic E-state index is -0.141. The second kappa shape index (κ2) is 4.45. The first-order valence-electron chi connectivity index (χ1n) is 5.40. The van der Waals surface area contributed by atoms with Gasteiger partial charge in [-0.15, -0.1) is 0 Å². The number of benzene rings is 1. The Hall–Kier alpha value is -1.35. The third kappa shape index (κ3) is 2.02. The van der Waals surface area contributed by atoms with Crippen molar-refractivity contribution in [3.63, 3.8) is 0 Å². The minimum Gasteiger partial charge on any atom is -0.328 e. The molecule has 0 bridgehead atoms. The molecular formula is C12H16N2O. The van der Waals surface area contributed by atoms with Gasteiger partial charge < -0.3 is 4.90 Å². The predicted octanol–water partition coefficient (Wildman–Crippen LogP) is 1.53. The highest BCUT2D eigenvalue weighted by atomic mass is 16.2. The van der Waals surface area contributed by atoms with Crippen LogP contribution in [0.1, 0.15) is 24.9 Å². The molecular weight excluding hydrogens is 188 g/mol. The summed E-state index contributed by atoms with van der Waals surface area (Å²) in [6.45, 7) is 3.60. The molecule has 15 heavy (non-hydrogen) atoms. The quantitative estimate of drug-likeness (QED) is 0.809. The second-order valence-electron chi connectivity index (χ2n) is 3.81. The number of carbonyl (C=O) groups is 1. The molecule has 2 rings (SSSR count). The van der Waals surface area contributed by atoms with Gasteiger partial charge in [0.05, 0.1) is 6.67 Å². The van der Waals surface area contributed by atoms with E-state index in [9.17, 15) is 4.79 Å². The van der Waals surface area contributed by atoms with Crippen molar-refractivity contribution >= 4 is 5.91 Å². The average molecular weight is 204 g/mol. The van der Waals surface area contributed by atoms with Crippen LogP contribution in [0.25, 0.3) is 0 Å². The van der Waals surface area contributed by atoms with Crippen LogP contribution in [-0.2, 0) is 4.79 Å². The lowest BCUT2D eigenvalue weighted by atomic mass is 10.1. The van der Waals surface area contributed by atoms with Crippen LogP contribution in [0.15, 0.2) is 30.3 Å². The Labute approximate surface area is 90.1 Å². The SMILES string of the molecule is CCCN1CNC(c2ccccc2)C1=O. The molecule has 3 nitrogen and oxygen atoms in total. The van der Waals surface area contributed by atoms with Gasteiger partial charge in [-0.05, 0) is 12.0 Å². The molecule has 1 atom stereocenters. The Morgan fingerprint density at radius 3 is 2.80 bits per heavy atom. The van der Waals surface area contributed by atoms with Crippen LogP contribution in [-0.4, -0.2) is 24.0 Å². The summed E-state index contributed by atoms with van der Waals surface area (Å²) in [6, 6.07) is 9.74. The summed E-state index contributed by atoms with van der Waals surface area (Å²) in [4.78, 5) is 13.8. The molecule has 0 saturated carbocycles. The molecule has 3 heteroatoms. The Balaban J connectivity index is 2.11. The summed E-state index contributed by atoms with van der Waals surface area (Å²) in [5, 5.41) is 3.23. The zero-order valence-corrected chi connectivity index (χ0v) is 8.94. The number of nitrogens with one attached hydrogen (secondary N) is 1. The van der Waals surface area contributed by atoms with E-state index in [0.29, 0.717) is 6.67 Å². The van der Waals surface area contributed by atoms with Gasteiger partial charge >= 0.3 is 0 Å². The third-order valence-electron chi connectivity index (χ3n) is 2.67. The normalized spacial score (nSPS) is 21.0. The molecule has 1 aromatic rings. The zero-order chi connectivity index (χ0) is 10.7. The fraction of sp³-hybridized carbons (Fsp3) is 0.417. The van der Waals surface area contributed by atoms with Crippen molar-refractivity contribution in [1.29, 1.82) is 0 Å². The van der Waals surface area contributed by atoms with Crippen LogP contribution >= 0.6 is 0 Å². The molecule has 0 spiro atoms. The van der Waals surface area contributed by atoms with E-state index in [1.54, 1.807) is 0 Å². The molecule has 1 aromatic carbocycles. The van der Waals surface area contributed by atoms with Gasteiger partial charge in [-0.25, -0.2) is 0 Å². The Kier molecular flexibility index (Phi) is 3.02. The molecule has 0 radical (unpaired) electrons. The number of rotatable bonds is 3. The molecule has 0 aliphatic carbocycles. The van der Waals surface area contributed by atoms with Gasteiger partial charge in [0.1, 0.15) is 6.04 Å². The number of nitrogens with zero attached hydrogens (tertiary/aromatic N) is 1. The van der Waals surface area contributed by atoms with E-state index < -0.39 is 0 Å². The highest BCUT2D eigenvalue weighted by molar-refractivity contribution is 5.85. The smallest absolute Gasteiger partial charge is 0.245 e. The molecule has 1 heterocycles. The van der Waals surface area contributed by atoms with E-state index in [4.69, 9.17) is 0 Å². The van der Waals surface area contributed by atoms with E-state index in [0.717, 1.165) is 18.5 Å². The summed E-state index contributed by atoms with van der Waals surface area (Å²) >= 11 is 0. The highest BCUT2D eigenvalue weighted by Crippen LogP contribution is 2.19. The lowest BCUT2D eigenvalue weighted by Gasteiger charge is -2.13. The molecule has 1 unspecified atom stereocenters. The molecule has 80 valence electrons. The molecule has 1 N–H and O–H groups in total. The fourth-order valence-electron chi connectivity index (χ4n) is 1.91. The lowest BCUT2D eigenvalue weighted by molar-refractivity contribution is -0.129. The first-order chi connectivity index (χ1) is 7.33. The van der Waals surface area contributed by atoms with Crippen molar-refractivity contribution < 1.29 is 4.79 Å². The largest absolute Gasteiger partial charge is 0.328 e. The number of hydrogen-bond acceptors (Lipinski definition) is 2. The van der Waals surface area contributed by atoms with Crippen LogP contribution in [0, 0.1) is 0 Å². The molecule has 1 aliphatic heterocycles.